The quantitative estimate of drug-likeness (QED) is 0.767. The Morgan fingerprint density at radius 2 is 2.27 bits per heavy atom. The molecule has 0 aliphatic heterocycles. The summed E-state index contributed by atoms with van der Waals surface area (Å²) in [6.45, 7) is 2.10. The van der Waals surface area contributed by atoms with Gasteiger partial charge in [0.05, 0.1) is 0 Å². The van der Waals surface area contributed by atoms with Crippen LogP contribution < -0.4 is 11.0 Å². The minimum Gasteiger partial charge on any atom is -0.321 e. The van der Waals surface area contributed by atoms with Gasteiger partial charge >= 0.3 is 8.03 Å². The van der Waals surface area contributed by atoms with Gasteiger partial charge in [-0.05, 0) is 23.0 Å². The highest BCUT2D eigenvalue weighted by molar-refractivity contribution is 7.47. The molecule has 0 spiro atoms. The summed E-state index contributed by atoms with van der Waals surface area (Å²) in [4.78, 5) is 9.21. The van der Waals surface area contributed by atoms with E-state index < -0.39 is 8.03 Å². The molecule has 1 fully saturated rings. The summed E-state index contributed by atoms with van der Waals surface area (Å²) in [7, 11) is -2.29. The molecule has 3 N–H and O–H groups in total. The zero-order valence-corrected chi connectivity index (χ0v) is 9.58. The van der Waals surface area contributed by atoms with Crippen molar-refractivity contribution in [3.05, 3.63) is 29.8 Å². The zero-order valence-electron chi connectivity index (χ0n) is 8.68. The van der Waals surface area contributed by atoms with E-state index in [2.05, 4.69) is 6.92 Å². The third-order valence-corrected chi connectivity index (χ3v) is 4.06. The Kier molecular flexibility index (Phi) is 2.63. The molecule has 1 unspecified atom stereocenters. The average Bonchev–Trinajstić information content (AvgIpc) is 2.91. The standard InChI is InChI=1S/C11H14NO2P/c1-2-8-7-11(8,12)9-5-3-4-6-10(9)15(13)14/h3-6,8H,2,7,12H2,1H3/p+1/t8-,11-/m0/s1. The summed E-state index contributed by atoms with van der Waals surface area (Å²) >= 11 is 0. The van der Waals surface area contributed by atoms with Gasteiger partial charge in [-0.1, -0.05) is 31.5 Å². The molecule has 1 aliphatic rings. The summed E-state index contributed by atoms with van der Waals surface area (Å²) in [6, 6.07) is 7.20. The van der Waals surface area contributed by atoms with Crippen molar-refractivity contribution in [1.29, 1.82) is 0 Å². The number of rotatable bonds is 3. The molecule has 15 heavy (non-hydrogen) atoms. The molecule has 4 heteroatoms. The first kappa shape index (κ1) is 10.7. The minimum atomic E-state index is -2.29. The number of nitrogens with two attached hydrogens (primary N) is 1. The van der Waals surface area contributed by atoms with Gasteiger partial charge < -0.3 is 5.73 Å². The highest BCUT2D eigenvalue weighted by Gasteiger charge is 2.53. The van der Waals surface area contributed by atoms with Crippen molar-refractivity contribution in [1.82, 2.24) is 0 Å². The maximum absolute atomic E-state index is 11.2. The van der Waals surface area contributed by atoms with E-state index in [4.69, 9.17) is 5.73 Å². The van der Waals surface area contributed by atoms with Crippen molar-refractivity contribution in [2.75, 3.05) is 0 Å². The van der Waals surface area contributed by atoms with Crippen LogP contribution in [0.3, 0.4) is 0 Å². The molecule has 1 aliphatic carbocycles. The van der Waals surface area contributed by atoms with E-state index in [1.807, 2.05) is 12.1 Å². The first-order valence-corrected chi connectivity index (χ1v) is 6.35. The van der Waals surface area contributed by atoms with Gasteiger partial charge in [0.2, 0.25) is 5.30 Å². The van der Waals surface area contributed by atoms with Gasteiger partial charge in [-0.3, -0.25) is 0 Å². The lowest BCUT2D eigenvalue weighted by Crippen LogP contribution is -2.27. The van der Waals surface area contributed by atoms with E-state index in [1.165, 1.54) is 0 Å². The lowest BCUT2D eigenvalue weighted by molar-refractivity contribution is 0.512. The van der Waals surface area contributed by atoms with E-state index in [9.17, 15) is 9.46 Å². The normalized spacial score (nSPS) is 30.1. The Labute approximate surface area is 90.2 Å². The Hall–Kier alpha value is -0.760. The van der Waals surface area contributed by atoms with Gasteiger partial charge in [0.25, 0.3) is 0 Å². The van der Waals surface area contributed by atoms with Crippen LogP contribution in [0.15, 0.2) is 24.3 Å². The molecule has 1 aromatic carbocycles. The molecule has 80 valence electrons. The third-order valence-electron chi connectivity index (χ3n) is 3.26. The molecule has 0 aromatic heterocycles. The van der Waals surface area contributed by atoms with Crippen LogP contribution in [0.25, 0.3) is 0 Å². The molecule has 0 amide bonds. The average molecular weight is 224 g/mol. The van der Waals surface area contributed by atoms with Crippen LogP contribution in [0.4, 0.5) is 0 Å². The number of hydrogen-bond donors (Lipinski definition) is 2. The van der Waals surface area contributed by atoms with Crippen LogP contribution in [0.1, 0.15) is 25.3 Å². The van der Waals surface area contributed by atoms with Crippen LogP contribution in [-0.4, -0.2) is 4.89 Å². The van der Waals surface area contributed by atoms with Crippen LogP contribution in [0, 0.1) is 5.92 Å². The number of benzene rings is 1. The van der Waals surface area contributed by atoms with Gasteiger partial charge in [0, 0.05) is 11.1 Å². The maximum atomic E-state index is 11.2. The van der Waals surface area contributed by atoms with Crippen LogP contribution in [-0.2, 0) is 10.1 Å². The van der Waals surface area contributed by atoms with Gasteiger partial charge in [-0.2, -0.15) is 4.89 Å². The summed E-state index contributed by atoms with van der Waals surface area (Å²) < 4.78 is 11.2. The fourth-order valence-electron chi connectivity index (χ4n) is 2.22. The molecule has 1 saturated carbocycles. The molecule has 0 radical (unpaired) electrons. The third kappa shape index (κ3) is 1.71. The fourth-order valence-corrected chi connectivity index (χ4v) is 2.92. The topological polar surface area (TPSA) is 63.3 Å². The lowest BCUT2D eigenvalue weighted by atomic mass is 10.0. The Morgan fingerprint density at radius 3 is 2.80 bits per heavy atom. The van der Waals surface area contributed by atoms with Crippen molar-refractivity contribution < 1.29 is 9.46 Å². The monoisotopic (exact) mass is 224 g/mol. The summed E-state index contributed by atoms with van der Waals surface area (Å²) in [5, 5.41) is 0.492. The first-order chi connectivity index (χ1) is 7.09. The van der Waals surface area contributed by atoms with E-state index >= 15 is 0 Å². The van der Waals surface area contributed by atoms with E-state index in [-0.39, 0.29) is 5.54 Å². The molecule has 3 nitrogen and oxygen atoms in total. The fraction of sp³-hybridized carbons (Fsp3) is 0.455. The molecule has 0 heterocycles. The van der Waals surface area contributed by atoms with Crippen molar-refractivity contribution >= 4 is 13.3 Å². The highest BCUT2D eigenvalue weighted by Crippen LogP contribution is 2.51. The predicted molar refractivity (Wildman–Crippen MR) is 60.2 cm³/mol. The van der Waals surface area contributed by atoms with Gasteiger partial charge in [-0.25, -0.2) is 0 Å². The molecule has 0 bridgehead atoms. The second kappa shape index (κ2) is 3.67. The minimum absolute atomic E-state index is 0.362. The molecule has 0 saturated heterocycles. The van der Waals surface area contributed by atoms with Crippen LogP contribution >= 0.6 is 8.03 Å². The molecular formula is C11H15NO2P+. The largest absolute Gasteiger partial charge is 0.546 e. The van der Waals surface area contributed by atoms with Crippen molar-refractivity contribution in [2.24, 2.45) is 11.7 Å². The predicted octanol–water partition coefficient (Wildman–Crippen LogP) is 1.63. The molecule has 2 rings (SSSR count). The zero-order chi connectivity index (χ0) is 11.1. The smallest absolute Gasteiger partial charge is 0.321 e. The molecular weight excluding hydrogens is 209 g/mol. The van der Waals surface area contributed by atoms with Gasteiger partial charge in [0.15, 0.2) is 0 Å². The van der Waals surface area contributed by atoms with Crippen molar-refractivity contribution in [3.63, 3.8) is 0 Å². The summed E-state index contributed by atoms with van der Waals surface area (Å²) in [5.74, 6) is 0.452. The Bertz CT molecular complexity index is 407. The highest BCUT2D eigenvalue weighted by atomic mass is 31.1. The Balaban J connectivity index is 2.41. The second-order valence-corrected chi connectivity index (χ2v) is 5.17. The molecule has 1 aromatic rings. The van der Waals surface area contributed by atoms with E-state index in [1.54, 1.807) is 12.1 Å². The number of hydrogen-bond acceptors (Lipinski definition) is 2. The summed E-state index contributed by atoms with van der Waals surface area (Å²) in [6.07, 6.45) is 1.94. The first-order valence-electron chi connectivity index (χ1n) is 5.14. The van der Waals surface area contributed by atoms with Crippen molar-refractivity contribution in [2.45, 2.75) is 25.3 Å². The Morgan fingerprint density at radius 1 is 1.60 bits per heavy atom. The van der Waals surface area contributed by atoms with Gasteiger partial charge in [-0.15, -0.1) is 0 Å². The van der Waals surface area contributed by atoms with Gasteiger partial charge in [0.1, 0.15) is 0 Å². The summed E-state index contributed by atoms with van der Waals surface area (Å²) in [5.41, 5.74) is 6.71. The maximum Gasteiger partial charge on any atom is 0.546 e. The molecule has 3 atom stereocenters. The van der Waals surface area contributed by atoms with E-state index in [0.717, 1.165) is 18.4 Å². The van der Waals surface area contributed by atoms with Crippen LogP contribution in [0.2, 0.25) is 0 Å². The van der Waals surface area contributed by atoms with Crippen molar-refractivity contribution in [3.8, 4) is 0 Å². The van der Waals surface area contributed by atoms with Crippen LogP contribution in [0.5, 0.6) is 0 Å². The van der Waals surface area contributed by atoms with E-state index in [0.29, 0.717) is 11.2 Å². The lowest BCUT2D eigenvalue weighted by Gasteiger charge is -2.10. The SMILES string of the molecule is CC[C@H]1C[C@@]1(N)c1ccccc1[P+](=O)O. The second-order valence-electron chi connectivity index (χ2n) is 4.14.